The number of aliphatic hydroxyl groups excluding tert-OH is 9. The number of hydrogen-bond donors (Lipinski definition) is 20. The van der Waals surface area contributed by atoms with Crippen LogP contribution in [0.1, 0.15) is 49.8 Å². The lowest BCUT2D eigenvalue weighted by molar-refractivity contribution is -0.367. The number of unbranched alkanes of at least 4 members (excludes halogenated alkanes) is 1. The van der Waals surface area contributed by atoms with Crippen LogP contribution in [0.15, 0.2) is 91.1 Å². The average Bonchev–Trinajstić information content (AvgIpc) is 1.33. The Balaban J connectivity index is 1.25. The van der Waals surface area contributed by atoms with Crippen molar-refractivity contribution in [3.63, 3.8) is 0 Å². The summed E-state index contributed by atoms with van der Waals surface area (Å²) in [6.45, 7) is -0.343. The number of benzene rings is 3. The van der Waals surface area contributed by atoms with Crippen molar-refractivity contribution in [1.29, 1.82) is 0 Å². The number of aromatic nitrogens is 1. The molecule has 4 aromatic rings. The number of para-hydroxylation sites is 1. The van der Waals surface area contributed by atoms with Crippen molar-refractivity contribution in [3.8, 4) is 0 Å². The van der Waals surface area contributed by atoms with Crippen LogP contribution >= 0.6 is 21.6 Å². The summed E-state index contributed by atoms with van der Waals surface area (Å²) in [5, 5.41) is 129. The maximum atomic E-state index is 15.2. The van der Waals surface area contributed by atoms with Crippen molar-refractivity contribution >= 4 is 73.8 Å². The van der Waals surface area contributed by atoms with Crippen LogP contribution in [0.2, 0.25) is 0 Å². The molecule has 3 fully saturated rings. The first-order chi connectivity index (χ1) is 44.4. The molecule has 3 aromatic carbocycles. The Morgan fingerprint density at radius 1 is 0.742 bits per heavy atom. The second kappa shape index (κ2) is 35.4. The second-order valence-corrected chi connectivity index (χ2v) is 25.8. The molecule has 0 radical (unpaired) electrons. The fraction of sp³-hybridized carbons (Fsp3) is 0.557. The Morgan fingerprint density at radius 2 is 1.37 bits per heavy atom. The normalized spacial score (nSPS) is 30.3. The van der Waals surface area contributed by atoms with Gasteiger partial charge in [0.25, 0.3) is 0 Å². The van der Waals surface area contributed by atoms with Crippen molar-refractivity contribution in [3.05, 3.63) is 108 Å². The third kappa shape index (κ3) is 20.3. The first kappa shape index (κ1) is 74.0. The highest BCUT2D eigenvalue weighted by atomic mass is 33.1. The topological polar surface area (TPSA) is 488 Å². The van der Waals surface area contributed by atoms with E-state index < -0.39 is 183 Å². The highest BCUT2D eigenvalue weighted by molar-refractivity contribution is 8.76. The number of amides is 7. The molecule has 30 nitrogen and oxygen atoms in total. The van der Waals surface area contributed by atoms with Gasteiger partial charge in [-0.1, -0.05) is 100 Å². The summed E-state index contributed by atoms with van der Waals surface area (Å²) in [6.07, 6.45) is -15.8. The molecule has 0 bridgehead atoms. The zero-order valence-corrected chi connectivity index (χ0v) is 52.8. The average molecular weight is 1340 g/mol. The molecule has 0 spiro atoms. The van der Waals surface area contributed by atoms with Crippen molar-refractivity contribution in [2.45, 2.75) is 168 Å². The lowest BCUT2D eigenvalue weighted by Crippen LogP contribution is -2.68. The summed E-state index contributed by atoms with van der Waals surface area (Å²) in [6, 6.07) is 12.2. The summed E-state index contributed by atoms with van der Waals surface area (Å²) >= 11 is 0. The highest BCUT2D eigenvalue weighted by Gasteiger charge is 2.53. The smallest absolute Gasteiger partial charge is 0.245 e. The molecule has 1 aromatic heterocycles. The van der Waals surface area contributed by atoms with Gasteiger partial charge < -0.3 is 119 Å². The summed E-state index contributed by atoms with van der Waals surface area (Å²) in [7, 11) is 1.82. The van der Waals surface area contributed by atoms with E-state index in [1.807, 2.05) is 0 Å². The lowest BCUT2D eigenvalue weighted by Gasteiger charge is -2.47. The molecule has 4 heterocycles. The van der Waals surface area contributed by atoms with E-state index in [4.69, 9.17) is 19.9 Å². The van der Waals surface area contributed by atoms with Gasteiger partial charge in [-0.2, -0.15) is 0 Å². The number of aromatic amines is 1. The molecule has 3 aliphatic heterocycles. The van der Waals surface area contributed by atoms with Gasteiger partial charge in [-0.3, -0.25) is 33.6 Å². The fourth-order valence-corrected chi connectivity index (χ4v) is 13.0. The first-order valence-electron chi connectivity index (χ1n) is 30.5. The van der Waals surface area contributed by atoms with Gasteiger partial charge in [-0.15, -0.1) is 0 Å². The van der Waals surface area contributed by atoms with E-state index in [0.717, 1.165) is 21.6 Å². The minimum absolute atomic E-state index is 0.0380. The molecular weight excluding hydrogens is 1260 g/mol. The number of nitrogens with two attached hydrogens (primary N) is 1. The highest BCUT2D eigenvalue weighted by Crippen LogP contribution is 2.31. The van der Waals surface area contributed by atoms with Crippen LogP contribution in [0, 0.1) is 0 Å². The van der Waals surface area contributed by atoms with Gasteiger partial charge in [0.2, 0.25) is 47.1 Å². The summed E-state index contributed by atoms with van der Waals surface area (Å²) in [5.41, 5.74) is 8.20. The fourth-order valence-electron chi connectivity index (χ4n) is 10.7. The maximum absolute atomic E-state index is 15.2. The van der Waals surface area contributed by atoms with E-state index in [9.17, 15) is 70.2 Å². The standard InChI is InChI=1S/C61H86N10O20S2/c1-31(74)42(25-72)68-58(86)44-29-93-92-28-43(69-54(82)39(21-33-13-5-3-6-14-33)64-30-61(88)52(80)51(45(76)27-89-61)91-60-50(79)49(78)48(77)46(26-73)90-60)57(85)66-40(22-34-15-7-4-8-16-34)55(83)67-41(23-35-24-63-37-18-10-9-17-36(35)37)56(84)65-38(19-11-12-20-62)53(81)71-47(32(2)75)59(87)70-44/h3-10,13-18,24,31-32,38-52,60,63-64,72-80,88H,11-12,19-23,25-30,62H2,1-2H3,(H,65,84)(H,66,85)(H,67,83)(H,68,86)(H,69,82)(H,70,87)(H,71,81)/t31-,32-,38+,39-,40?,41-,42-,43+,44?,45-,46-,47?,48-,49+,50-,51-,52+,60-,61-/m1/s1. The van der Waals surface area contributed by atoms with Crippen molar-refractivity contribution < 1.29 is 98.8 Å². The largest absolute Gasteiger partial charge is 0.394 e. The number of aliphatic hydroxyl groups is 10. The molecule has 93 heavy (non-hydrogen) atoms. The Hall–Kier alpha value is -6.41. The Labute approximate surface area is 543 Å². The van der Waals surface area contributed by atoms with E-state index in [2.05, 4.69) is 47.5 Å². The molecule has 7 rings (SSSR count). The Kier molecular flexibility index (Phi) is 28.1. The van der Waals surface area contributed by atoms with Gasteiger partial charge in [0.1, 0.15) is 79.0 Å². The van der Waals surface area contributed by atoms with Gasteiger partial charge in [0, 0.05) is 41.4 Å². The molecule has 3 saturated heterocycles. The van der Waals surface area contributed by atoms with Gasteiger partial charge in [0.05, 0.1) is 50.7 Å². The molecule has 0 saturated carbocycles. The Bertz CT molecular complexity index is 3090. The zero-order valence-electron chi connectivity index (χ0n) is 51.2. The van der Waals surface area contributed by atoms with Crippen LogP contribution in [0.25, 0.3) is 10.9 Å². The predicted molar refractivity (Wildman–Crippen MR) is 337 cm³/mol. The van der Waals surface area contributed by atoms with Crippen LogP contribution < -0.4 is 48.3 Å². The quantitative estimate of drug-likeness (QED) is 0.0243. The molecule has 512 valence electrons. The summed E-state index contributed by atoms with van der Waals surface area (Å²) in [4.78, 5) is 106. The summed E-state index contributed by atoms with van der Waals surface area (Å²) < 4.78 is 16.7. The van der Waals surface area contributed by atoms with Crippen LogP contribution in [0.3, 0.4) is 0 Å². The van der Waals surface area contributed by atoms with E-state index in [-0.39, 0.29) is 50.2 Å². The van der Waals surface area contributed by atoms with E-state index in [0.29, 0.717) is 34.0 Å². The molecule has 19 atom stereocenters. The molecular formula is C61H86N10O20S2. The van der Waals surface area contributed by atoms with E-state index in [1.165, 1.54) is 13.8 Å². The number of nitrogens with one attached hydrogen (secondary N) is 9. The SMILES string of the molecule is C[C@@H](O)C1NC(=O)[C@H](CCCCN)NC(=O)[C@@H](Cc2c[nH]c3ccccc23)NC(=O)C(Cc2ccccc2)NC(=O)[C@@H](NC(=O)[C@@H](Cc2ccccc2)NC[C@@]2(O)OC[C@@H](O)[C@@H](O[C@H]3O[C@H](CO)[C@@H](O)[C@H](O)[C@H]3O)[C@@H]2O)CSSCC(C(=O)N[C@H](CO)[C@@H](C)O)NC1=O. The molecule has 3 unspecified atom stereocenters. The number of H-pyrrole nitrogens is 1. The van der Waals surface area contributed by atoms with Crippen LogP contribution in [0.4, 0.5) is 0 Å². The number of carbonyl (C=O) groups is 7. The monoisotopic (exact) mass is 1340 g/mol. The minimum Gasteiger partial charge on any atom is -0.394 e. The van der Waals surface area contributed by atoms with Crippen molar-refractivity contribution in [2.75, 3.05) is 44.4 Å². The van der Waals surface area contributed by atoms with Gasteiger partial charge >= 0.3 is 0 Å². The van der Waals surface area contributed by atoms with Crippen LogP contribution in [-0.2, 0) is 67.0 Å². The van der Waals surface area contributed by atoms with Crippen molar-refractivity contribution in [2.24, 2.45) is 5.73 Å². The van der Waals surface area contributed by atoms with Gasteiger partial charge in [-0.05, 0) is 68.8 Å². The second-order valence-electron chi connectivity index (χ2n) is 23.3. The number of ether oxygens (including phenoxy) is 3. The molecule has 7 amide bonds. The third-order valence-electron chi connectivity index (χ3n) is 16.2. The summed E-state index contributed by atoms with van der Waals surface area (Å²) in [5.74, 6) is -9.92. The van der Waals surface area contributed by atoms with Gasteiger partial charge in [0.15, 0.2) is 6.29 Å². The minimum atomic E-state index is -2.70. The molecule has 3 aliphatic rings. The predicted octanol–water partition coefficient (Wildman–Crippen LogP) is -5.55. The third-order valence-corrected chi connectivity index (χ3v) is 18.6. The first-order valence-corrected chi connectivity index (χ1v) is 33.0. The molecule has 0 aliphatic carbocycles. The molecule has 21 N–H and O–H groups in total. The van der Waals surface area contributed by atoms with Crippen LogP contribution in [0.5, 0.6) is 0 Å². The Morgan fingerprint density at radius 3 is 2.02 bits per heavy atom. The van der Waals surface area contributed by atoms with E-state index in [1.54, 1.807) is 91.1 Å². The molecule has 32 heteroatoms. The van der Waals surface area contributed by atoms with Crippen LogP contribution in [-0.4, -0.2) is 257 Å². The lowest BCUT2D eigenvalue weighted by atomic mass is 9.95. The van der Waals surface area contributed by atoms with Crippen molar-refractivity contribution in [1.82, 2.24) is 47.5 Å². The van der Waals surface area contributed by atoms with E-state index >= 15 is 14.4 Å². The number of hydrogen-bond acceptors (Lipinski definition) is 24. The number of rotatable bonds is 23. The maximum Gasteiger partial charge on any atom is 0.245 e. The zero-order chi connectivity index (χ0) is 67.5. The number of carbonyl (C=O) groups excluding carboxylic acids is 7. The van der Waals surface area contributed by atoms with Gasteiger partial charge in [-0.25, -0.2) is 0 Å². The number of fused-ring (bicyclic) bond motifs is 1.